The molecule has 0 N–H and O–H groups in total. The van der Waals surface area contributed by atoms with Crippen molar-refractivity contribution >= 4 is 5.97 Å². The van der Waals surface area contributed by atoms with Gasteiger partial charge in [0.2, 0.25) is 5.88 Å². The van der Waals surface area contributed by atoms with Gasteiger partial charge in [-0.25, -0.2) is 13.9 Å². The summed E-state index contributed by atoms with van der Waals surface area (Å²) in [6, 6.07) is 6.41. The fourth-order valence-electron chi connectivity index (χ4n) is 3.21. The van der Waals surface area contributed by atoms with E-state index in [9.17, 15) is 22.4 Å². The minimum Gasteiger partial charge on any atom is -0.456 e. The Bertz CT molecular complexity index is 1020. The number of rotatable bonds is 6. The van der Waals surface area contributed by atoms with Gasteiger partial charge in [0.15, 0.2) is 11.9 Å². The van der Waals surface area contributed by atoms with Gasteiger partial charge in [-0.3, -0.25) is 0 Å². The predicted molar refractivity (Wildman–Crippen MR) is 101 cm³/mol. The van der Waals surface area contributed by atoms with Gasteiger partial charge < -0.3 is 14.4 Å². The second kappa shape index (κ2) is 8.09. The normalized spacial score (nSPS) is 18.7. The molecule has 2 heterocycles. The molecule has 1 aromatic carbocycles. The zero-order valence-corrected chi connectivity index (χ0v) is 16.5. The molecule has 10 heteroatoms. The molecule has 1 saturated carbocycles. The minimum atomic E-state index is -4.59. The third kappa shape index (κ3) is 4.73. The summed E-state index contributed by atoms with van der Waals surface area (Å²) in [5, 5.41) is 3.45. The molecule has 1 aromatic heterocycles. The lowest BCUT2D eigenvalue weighted by molar-refractivity contribution is -0.143. The molecule has 164 valence electrons. The molecule has 2 aliphatic rings. The Morgan fingerprint density at radius 2 is 1.94 bits per heavy atom. The molecule has 1 fully saturated rings. The number of benzene rings is 1. The molecule has 2 aromatic rings. The van der Waals surface area contributed by atoms with Gasteiger partial charge >= 0.3 is 12.1 Å². The highest BCUT2D eigenvalue weighted by atomic mass is 19.4. The van der Waals surface area contributed by atoms with Gasteiger partial charge in [-0.2, -0.15) is 18.3 Å². The van der Waals surface area contributed by atoms with Crippen LogP contribution in [0.15, 0.2) is 54.3 Å². The van der Waals surface area contributed by atoms with E-state index in [1.807, 2.05) is 0 Å². The van der Waals surface area contributed by atoms with E-state index in [0.717, 1.165) is 23.6 Å². The monoisotopic (exact) mass is 437 g/mol. The van der Waals surface area contributed by atoms with Crippen molar-refractivity contribution in [1.29, 1.82) is 0 Å². The van der Waals surface area contributed by atoms with Gasteiger partial charge in [0.25, 0.3) is 0 Å². The topological polar surface area (TPSA) is 56.6 Å². The summed E-state index contributed by atoms with van der Waals surface area (Å²) in [5.41, 5.74) is -0.186. The van der Waals surface area contributed by atoms with Crippen LogP contribution in [0, 0.1) is 5.82 Å². The van der Waals surface area contributed by atoms with Crippen LogP contribution in [0.2, 0.25) is 0 Å². The lowest BCUT2D eigenvalue weighted by atomic mass is 10.2. The molecule has 0 amide bonds. The molecular formula is C21H19F4N3O3. The summed E-state index contributed by atoms with van der Waals surface area (Å²) >= 11 is 0. The molecule has 1 unspecified atom stereocenters. The maximum atomic E-state index is 13.0. The van der Waals surface area contributed by atoms with Crippen LogP contribution in [0.1, 0.15) is 24.1 Å². The second-order valence-electron chi connectivity index (χ2n) is 7.28. The van der Waals surface area contributed by atoms with Gasteiger partial charge in [-0.05, 0) is 42.7 Å². The van der Waals surface area contributed by atoms with Crippen LogP contribution < -0.4 is 4.74 Å². The highest BCUT2D eigenvalue weighted by molar-refractivity contribution is 5.88. The molecule has 4 rings (SSSR count). The number of aromatic nitrogens is 2. The summed E-state index contributed by atoms with van der Waals surface area (Å²) in [5.74, 6) is -1.07. The molecular weight excluding hydrogens is 418 g/mol. The first kappa shape index (κ1) is 21.0. The number of halogens is 4. The highest BCUT2D eigenvalue weighted by Crippen LogP contribution is 2.36. The van der Waals surface area contributed by atoms with Crippen LogP contribution in [0.4, 0.5) is 17.6 Å². The third-order valence-electron chi connectivity index (χ3n) is 4.88. The molecule has 1 atom stereocenters. The van der Waals surface area contributed by atoms with Crippen molar-refractivity contribution in [2.24, 2.45) is 7.05 Å². The molecule has 6 nitrogen and oxygen atoms in total. The zero-order valence-electron chi connectivity index (χ0n) is 16.5. The van der Waals surface area contributed by atoms with Crippen LogP contribution in [0.3, 0.4) is 0 Å². The van der Waals surface area contributed by atoms with Crippen LogP contribution in [-0.4, -0.2) is 32.9 Å². The molecule has 31 heavy (non-hydrogen) atoms. The van der Waals surface area contributed by atoms with E-state index in [1.54, 1.807) is 23.1 Å². The number of aryl methyl sites for hydroxylation is 1. The summed E-state index contributed by atoms with van der Waals surface area (Å²) in [7, 11) is 1.35. The summed E-state index contributed by atoms with van der Waals surface area (Å²) < 4.78 is 64.0. The molecule has 0 bridgehead atoms. The molecule has 0 radical (unpaired) electrons. The average Bonchev–Trinajstić information content (AvgIpc) is 3.49. The van der Waals surface area contributed by atoms with E-state index < -0.39 is 24.1 Å². The van der Waals surface area contributed by atoms with E-state index >= 15 is 0 Å². The lowest BCUT2D eigenvalue weighted by Gasteiger charge is -2.34. The van der Waals surface area contributed by atoms with Crippen molar-refractivity contribution in [2.45, 2.75) is 37.9 Å². The summed E-state index contributed by atoms with van der Waals surface area (Å²) in [6.45, 7) is -0.0408. The first-order chi connectivity index (χ1) is 14.7. The fraction of sp³-hybridized carbons (Fsp3) is 0.333. The second-order valence-corrected chi connectivity index (χ2v) is 7.28. The van der Waals surface area contributed by atoms with E-state index in [0.29, 0.717) is 5.56 Å². The third-order valence-corrected chi connectivity index (χ3v) is 4.88. The zero-order chi connectivity index (χ0) is 22.2. The van der Waals surface area contributed by atoms with Crippen LogP contribution in [0.5, 0.6) is 5.88 Å². The number of nitrogens with zero attached hydrogens (tertiary/aromatic N) is 3. The average molecular weight is 437 g/mol. The van der Waals surface area contributed by atoms with Crippen LogP contribution >= 0.6 is 0 Å². The van der Waals surface area contributed by atoms with Gasteiger partial charge in [0, 0.05) is 19.2 Å². The van der Waals surface area contributed by atoms with Crippen LogP contribution in [0.25, 0.3) is 0 Å². The SMILES string of the molecule is Cn1nc(C(F)(F)F)cc1OC1C=CC=C(C(=O)OCc2ccc(F)cc2)N1C1CC1. The Labute approximate surface area is 175 Å². The smallest absolute Gasteiger partial charge is 0.435 e. The Kier molecular flexibility index (Phi) is 5.47. The fourth-order valence-corrected chi connectivity index (χ4v) is 3.21. The number of ether oxygens (including phenoxy) is 2. The first-order valence-corrected chi connectivity index (χ1v) is 9.58. The minimum absolute atomic E-state index is 0.00915. The predicted octanol–water partition coefficient (Wildman–Crippen LogP) is 3.94. The maximum Gasteiger partial charge on any atom is 0.435 e. The number of hydrogen-bond donors (Lipinski definition) is 0. The summed E-state index contributed by atoms with van der Waals surface area (Å²) in [4.78, 5) is 14.4. The number of esters is 1. The van der Waals surface area contributed by atoms with Gasteiger partial charge in [0.1, 0.15) is 18.1 Å². The number of carbonyl (C=O) groups is 1. The van der Waals surface area contributed by atoms with Crippen LogP contribution in [-0.2, 0) is 29.4 Å². The van der Waals surface area contributed by atoms with Crippen molar-refractivity contribution in [3.05, 3.63) is 71.3 Å². The molecule has 0 spiro atoms. The van der Waals surface area contributed by atoms with Gasteiger partial charge in [-0.15, -0.1) is 0 Å². The number of hydrogen-bond acceptors (Lipinski definition) is 5. The van der Waals surface area contributed by atoms with Crippen molar-refractivity contribution in [2.75, 3.05) is 0 Å². The standard InChI is InChI=1S/C21H19F4N3O3/c1-27-19(11-17(26-27)21(23,24)25)31-18-4-2-3-16(28(18)15-9-10-15)20(29)30-12-13-5-7-14(22)8-6-13/h2-8,11,15,18H,9-10,12H2,1H3. The van der Waals surface area contributed by atoms with Crippen molar-refractivity contribution in [1.82, 2.24) is 14.7 Å². The maximum absolute atomic E-state index is 13.0. The van der Waals surface area contributed by atoms with Crippen molar-refractivity contribution in [3.63, 3.8) is 0 Å². The van der Waals surface area contributed by atoms with Gasteiger partial charge in [0.05, 0.1) is 0 Å². The molecule has 1 aliphatic heterocycles. The molecule has 1 aliphatic carbocycles. The number of allylic oxidation sites excluding steroid dienone is 2. The number of carbonyl (C=O) groups excluding carboxylic acids is 1. The first-order valence-electron chi connectivity index (χ1n) is 9.58. The molecule has 0 saturated heterocycles. The lowest BCUT2D eigenvalue weighted by Crippen LogP contribution is -2.43. The Hall–Kier alpha value is -3.30. The van der Waals surface area contributed by atoms with Crippen molar-refractivity contribution < 1.29 is 31.8 Å². The Morgan fingerprint density at radius 3 is 2.55 bits per heavy atom. The van der Waals surface area contributed by atoms with E-state index in [-0.39, 0.29) is 30.0 Å². The Balaban J connectivity index is 1.48. The number of alkyl halides is 3. The summed E-state index contributed by atoms with van der Waals surface area (Å²) in [6.07, 6.45) is 1.07. The highest BCUT2D eigenvalue weighted by Gasteiger charge is 2.40. The van der Waals surface area contributed by atoms with E-state index in [2.05, 4.69) is 5.10 Å². The van der Waals surface area contributed by atoms with Gasteiger partial charge in [-0.1, -0.05) is 18.2 Å². The van der Waals surface area contributed by atoms with Crippen molar-refractivity contribution in [3.8, 4) is 5.88 Å². The quantitative estimate of drug-likeness (QED) is 0.506. The Morgan fingerprint density at radius 1 is 1.23 bits per heavy atom. The largest absolute Gasteiger partial charge is 0.456 e. The van der Waals surface area contributed by atoms with E-state index in [4.69, 9.17) is 9.47 Å². The van der Waals surface area contributed by atoms with E-state index in [1.165, 1.54) is 31.3 Å².